The minimum Gasteiger partial charge on any atom is -0.263 e. The molecule has 0 bridgehead atoms. The molecule has 0 heterocycles. The molecule has 0 N–H and O–H groups in total. The van der Waals surface area contributed by atoms with Gasteiger partial charge in [-0.3, -0.25) is 4.18 Å². The summed E-state index contributed by atoms with van der Waals surface area (Å²) in [5.41, 5.74) is -3.06. The third kappa shape index (κ3) is 6.61. The Morgan fingerprint density at radius 1 is 0.838 bits per heavy atom. The molecule has 0 aliphatic heterocycles. The SMILES string of the molecule is O=C=C1CCCCC1c1cccc2cc3ccccc3cc12.O=S(=O)(OCC1CCCCC1)C(F)(F)F. The second-order valence-corrected chi connectivity index (χ2v) is 11.5. The first kappa shape index (κ1) is 27.4. The molecule has 1 unspecified atom stereocenters. The van der Waals surface area contributed by atoms with Crippen LogP contribution in [0, 0.1) is 5.92 Å². The first-order chi connectivity index (χ1) is 17.7. The summed E-state index contributed by atoms with van der Waals surface area (Å²) < 4.78 is 60.7. The van der Waals surface area contributed by atoms with E-state index in [0.29, 0.717) is 0 Å². The van der Waals surface area contributed by atoms with Crippen molar-refractivity contribution in [3.63, 3.8) is 0 Å². The molecule has 2 fully saturated rings. The maximum Gasteiger partial charge on any atom is 0.523 e. The van der Waals surface area contributed by atoms with Gasteiger partial charge in [-0.2, -0.15) is 21.6 Å². The van der Waals surface area contributed by atoms with Crippen LogP contribution in [0.25, 0.3) is 21.5 Å². The molecule has 0 amide bonds. The largest absolute Gasteiger partial charge is 0.523 e. The van der Waals surface area contributed by atoms with Gasteiger partial charge in [0.25, 0.3) is 0 Å². The van der Waals surface area contributed by atoms with Gasteiger partial charge < -0.3 is 0 Å². The van der Waals surface area contributed by atoms with Crippen molar-refractivity contribution >= 4 is 37.6 Å². The summed E-state index contributed by atoms with van der Waals surface area (Å²) in [5, 5.41) is 5.06. The number of halogens is 3. The van der Waals surface area contributed by atoms with Crippen molar-refractivity contribution in [3.8, 4) is 0 Å². The Kier molecular flexibility index (Phi) is 8.73. The van der Waals surface area contributed by atoms with Gasteiger partial charge in [-0.25, -0.2) is 4.79 Å². The van der Waals surface area contributed by atoms with Crippen molar-refractivity contribution in [1.82, 2.24) is 0 Å². The minimum absolute atomic E-state index is 0.0594. The molecule has 5 rings (SSSR count). The standard InChI is InChI=1S/C21H18O.C8H13F3O3S/c22-14-18-8-3-4-10-19(18)20-11-5-9-17-12-15-6-1-2-7-16(15)13-21(17)20;9-8(10,11)15(12,13)14-6-7-4-2-1-3-5-7/h1-2,5-7,9,11-13,19H,3-4,8,10H2;7H,1-6H2. The Morgan fingerprint density at radius 2 is 1.49 bits per heavy atom. The van der Waals surface area contributed by atoms with E-state index in [9.17, 15) is 26.4 Å². The third-order valence-electron chi connectivity index (χ3n) is 7.36. The fraction of sp³-hybridized carbons (Fsp3) is 0.448. The second-order valence-electron chi connectivity index (χ2n) is 9.88. The van der Waals surface area contributed by atoms with E-state index in [0.717, 1.165) is 56.9 Å². The predicted octanol–water partition coefficient (Wildman–Crippen LogP) is 7.84. The highest BCUT2D eigenvalue weighted by atomic mass is 32.2. The van der Waals surface area contributed by atoms with E-state index in [1.807, 2.05) is 0 Å². The lowest BCUT2D eigenvalue weighted by atomic mass is 9.79. The molecule has 0 radical (unpaired) electrons. The van der Waals surface area contributed by atoms with E-state index in [4.69, 9.17) is 0 Å². The number of allylic oxidation sites excluding steroid dienone is 1. The zero-order valence-corrected chi connectivity index (χ0v) is 21.4. The van der Waals surface area contributed by atoms with Crippen molar-refractivity contribution < 1.29 is 30.6 Å². The van der Waals surface area contributed by atoms with E-state index in [2.05, 4.69) is 64.7 Å². The van der Waals surface area contributed by atoms with E-state index in [-0.39, 0.29) is 18.4 Å². The molecule has 2 aliphatic carbocycles. The molecule has 0 saturated heterocycles. The summed E-state index contributed by atoms with van der Waals surface area (Å²) >= 11 is 0. The number of alkyl halides is 3. The predicted molar refractivity (Wildman–Crippen MR) is 139 cm³/mol. The molecule has 8 heteroatoms. The van der Waals surface area contributed by atoms with Crippen molar-refractivity contribution in [1.29, 1.82) is 0 Å². The zero-order valence-electron chi connectivity index (χ0n) is 20.6. The number of benzene rings is 3. The molecule has 2 aliphatic rings. The highest BCUT2D eigenvalue weighted by molar-refractivity contribution is 7.87. The summed E-state index contributed by atoms with van der Waals surface area (Å²) in [7, 11) is -5.40. The zero-order chi connectivity index (χ0) is 26.5. The number of hydrogen-bond donors (Lipinski definition) is 0. The van der Waals surface area contributed by atoms with Gasteiger partial charge in [-0.1, -0.05) is 68.1 Å². The number of hydrogen-bond acceptors (Lipinski definition) is 4. The molecule has 198 valence electrons. The third-order valence-corrected chi connectivity index (χ3v) is 8.38. The van der Waals surface area contributed by atoms with Gasteiger partial charge in [0.2, 0.25) is 0 Å². The van der Waals surface area contributed by atoms with Crippen LogP contribution in [0.4, 0.5) is 13.2 Å². The van der Waals surface area contributed by atoms with Crippen molar-refractivity contribution in [3.05, 3.63) is 65.7 Å². The van der Waals surface area contributed by atoms with E-state index >= 15 is 0 Å². The number of carbonyl (C=O) groups excluding carboxylic acids is 1. The van der Waals surface area contributed by atoms with Crippen LogP contribution in [-0.4, -0.2) is 26.5 Å². The van der Waals surface area contributed by atoms with Crippen LogP contribution >= 0.6 is 0 Å². The second kappa shape index (κ2) is 11.8. The normalized spacial score (nSPS) is 19.3. The molecule has 3 aromatic carbocycles. The maximum atomic E-state index is 11.9. The van der Waals surface area contributed by atoms with Crippen LogP contribution in [0.5, 0.6) is 0 Å². The summed E-state index contributed by atoms with van der Waals surface area (Å²) in [6.45, 7) is -0.345. The van der Waals surface area contributed by atoms with Crippen LogP contribution in [0.1, 0.15) is 69.3 Å². The lowest BCUT2D eigenvalue weighted by Crippen LogP contribution is -2.28. The van der Waals surface area contributed by atoms with Crippen LogP contribution in [-0.2, 0) is 19.1 Å². The first-order valence-corrected chi connectivity index (χ1v) is 14.2. The van der Waals surface area contributed by atoms with Crippen LogP contribution < -0.4 is 0 Å². The molecule has 2 saturated carbocycles. The Balaban J connectivity index is 0.000000188. The quantitative estimate of drug-likeness (QED) is 0.149. The van der Waals surface area contributed by atoms with E-state index < -0.39 is 15.6 Å². The molecule has 3 aromatic rings. The smallest absolute Gasteiger partial charge is 0.263 e. The molecule has 37 heavy (non-hydrogen) atoms. The first-order valence-electron chi connectivity index (χ1n) is 12.8. The maximum absolute atomic E-state index is 11.9. The average molecular weight is 533 g/mol. The Bertz CT molecular complexity index is 1390. The fourth-order valence-corrected chi connectivity index (χ4v) is 5.88. The van der Waals surface area contributed by atoms with Crippen molar-refractivity contribution in [2.75, 3.05) is 6.61 Å². The van der Waals surface area contributed by atoms with Crippen LogP contribution in [0.3, 0.4) is 0 Å². The van der Waals surface area contributed by atoms with E-state index in [1.165, 1.54) is 33.5 Å². The van der Waals surface area contributed by atoms with Gasteiger partial charge in [0.05, 0.1) is 6.61 Å². The highest BCUT2D eigenvalue weighted by Gasteiger charge is 2.47. The van der Waals surface area contributed by atoms with E-state index in [1.54, 1.807) is 0 Å². The van der Waals surface area contributed by atoms with Crippen LogP contribution in [0.15, 0.2) is 60.2 Å². The molecular weight excluding hydrogens is 501 g/mol. The monoisotopic (exact) mass is 532 g/mol. The van der Waals surface area contributed by atoms with Gasteiger partial charge in [-0.15, -0.1) is 0 Å². The summed E-state index contributed by atoms with van der Waals surface area (Å²) in [5.74, 6) is 2.41. The Morgan fingerprint density at radius 3 is 2.16 bits per heavy atom. The fourth-order valence-electron chi connectivity index (χ4n) is 5.38. The molecular formula is C29H31F3O4S. The van der Waals surface area contributed by atoms with Gasteiger partial charge in [0.1, 0.15) is 5.94 Å². The van der Waals surface area contributed by atoms with Crippen LogP contribution in [0.2, 0.25) is 0 Å². The number of rotatable bonds is 4. The van der Waals surface area contributed by atoms with Gasteiger partial charge in [0.15, 0.2) is 0 Å². The van der Waals surface area contributed by atoms with Crippen molar-refractivity contribution in [2.24, 2.45) is 5.92 Å². The van der Waals surface area contributed by atoms with Crippen molar-refractivity contribution in [2.45, 2.75) is 69.2 Å². The molecule has 1 atom stereocenters. The Hall–Kier alpha value is -2.67. The lowest BCUT2D eigenvalue weighted by molar-refractivity contribution is -0.0553. The average Bonchev–Trinajstić information content (AvgIpc) is 2.91. The lowest BCUT2D eigenvalue weighted by Gasteiger charge is -2.24. The topological polar surface area (TPSA) is 60.4 Å². The molecule has 0 aromatic heterocycles. The van der Waals surface area contributed by atoms with Gasteiger partial charge in [0, 0.05) is 11.5 Å². The minimum atomic E-state index is -5.40. The number of fused-ring (bicyclic) bond motifs is 2. The summed E-state index contributed by atoms with van der Waals surface area (Å²) in [6, 6.07) is 19.5. The Labute approximate surface area is 215 Å². The van der Waals surface area contributed by atoms with Gasteiger partial charge >= 0.3 is 15.6 Å². The molecule has 0 spiro atoms. The summed E-state index contributed by atoms with van der Waals surface area (Å²) in [4.78, 5) is 11.3. The molecule has 4 nitrogen and oxygen atoms in total. The van der Waals surface area contributed by atoms with Gasteiger partial charge in [-0.05, 0) is 77.3 Å². The summed E-state index contributed by atoms with van der Waals surface area (Å²) in [6.07, 6.45) is 8.69. The highest BCUT2D eigenvalue weighted by Crippen LogP contribution is 2.39.